The number of carbonyl (C=O) groups is 1. The summed E-state index contributed by atoms with van der Waals surface area (Å²) < 4.78 is 17.3. The van der Waals surface area contributed by atoms with Gasteiger partial charge in [0, 0.05) is 13.1 Å². The molecule has 152 valence electrons. The molecule has 1 aliphatic rings. The van der Waals surface area contributed by atoms with Crippen molar-refractivity contribution in [2.24, 2.45) is 0 Å². The maximum atomic E-state index is 12.4. The molecule has 1 amide bonds. The Kier molecular flexibility index (Phi) is 7.62. The molecule has 0 N–H and O–H groups in total. The second-order valence-corrected chi connectivity index (χ2v) is 13.6. The fraction of sp³-hybridized carbons (Fsp3) is 0.667. The van der Waals surface area contributed by atoms with Crippen LogP contribution in [0.1, 0.15) is 38.8 Å². The minimum Gasteiger partial charge on any atom is -0.413 e. The smallest absolute Gasteiger partial charge is 0.251 e. The summed E-state index contributed by atoms with van der Waals surface area (Å²) in [5.74, 6) is 0.0395. The van der Waals surface area contributed by atoms with E-state index in [0.29, 0.717) is 39.5 Å². The lowest BCUT2D eigenvalue weighted by molar-refractivity contribution is -0.147. The highest BCUT2D eigenvalue weighted by Gasteiger charge is 2.37. The summed E-state index contributed by atoms with van der Waals surface area (Å²) in [6.45, 7) is 16.7. The normalized spacial score (nSPS) is 17.0. The third-order valence-electron chi connectivity index (χ3n) is 5.60. The van der Waals surface area contributed by atoms with E-state index in [0.717, 1.165) is 5.56 Å². The van der Waals surface area contributed by atoms with Crippen molar-refractivity contribution in [3.05, 3.63) is 35.4 Å². The van der Waals surface area contributed by atoms with Crippen molar-refractivity contribution >= 4 is 14.2 Å². The van der Waals surface area contributed by atoms with E-state index in [9.17, 15) is 4.79 Å². The first-order chi connectivity index (χ1) is 12.6. The largest absolute Gasteiger partial charge is 0.413 e. The van der Waals surface area contributed by atoms with E-state index < -0.39 is 14.4 Å². The molecule has 1 aliphatic heterocycles. The van der Waals surface area contributed by atoms with E-state index in [1.807, 2.05) is 11.8 Å². The molecule has 1 heterocycles. The van der Waals surface area contributed by atoms with Crippen LogP contribution < -0.4 is 0 Å². The number of benzene rings is 1. The first-order valence-electron chi connectivity index (χ1n) is 9.80. The van der Waals surface area contributed by atoms with Gasteiger partial charge in [0.15, 0.2) is 8.32 Å². The number of carbonyl (C=O) groups excluding carboxylic acids is 1. The molecular formula is C21H35NO4Si. The quantitative estimate of drug-likeness (QED) is 0.658. The predicted octanol–water partition coefficient (Wildman–Crippen LogP) is 3.97. The first-order valence-corrected chi connectivity index (χ1v) is 12.7. The molecule has 2 rings (SSSR count). The van der Waals surface area contributed by atoms with Crippen LogP contribution in [0.4, 0.5) is 0 Å². The number of ether oxygens (including phenoxy) is 2. The van der Waals surface area contributed by atoms with Gasteiger partial charge in [-0.25, -0.2) is 0 Å². The van der Waals surface area contributed by atoms with Crippen molar-refractivity contribution in [1.82, 2.24) is 4.90 Å². The summed E-state index contributed by atoms with van der Waals surface area (Å²) in [7, 11) is -1.74. The first kappa shape index (κ1) is 22.1. The monoisotopic (exact) mass is 393 g/mol. The third kappa shape index (κ3) is 6.42. The van der Waals surface area contributed by atoms with Crippen molar-refractivity contribution in [1.29, 1.82) is 0 Å². The molecule has 5 nitrogen and oxygen atoms in total. The van der Waals surface area contributed by atoms with E-state index in [4.69, 9.17) is 13.9 Å². The molecule has 1 atom stereocenters. The van der Waals surface area contributed by atoms with Gasteiger partial charge in [0.2, 0.25) is 0 Å². The van der Waals surface area contributed by atoms with Crippen LogP contribution in [0.25, 0.3) is 0 Å². The van der Waals surface area contributed by atoms with Crippen LogP contribution in [0.5, 0.6) is 0 Å². The number of rotatable bonds is 7. The molecular weight excluding hydrogens is 358 g/mol. The molecule has 0 saturated carbocycles. The molecule has 1 saturated heterocycles. The van der Waals surface area contributed by atoms with Crippen molar-refractivity contribution in [2.75, 3.05) is 26.3 Å². The van der Waals surface area contributed by atoms with Crippen molar-refractivity contribution in [3.63, 3.8) is 0 Å². The Bertz CT molecular complexity index is 604. The lowest BCUT2D eigenvalue weighted by Crippen LogP contribution is -2.45. The number of hydrogen-bond acceptors (Lipinski definition) is 4. The average molecular weight is 394 g/mol. The Hall–Kier alpha value is -1.21. The van der Waals surface area contributed by atoms with Crippen molar-refractivity contribution < 1.29 is 18.7 Å². The highest BCUT2D eigenvalue weighted by atomic mass is 28.4. The number of hydrogen-bond donors (Lipinski definition) is 0. The van der Waals surface area contributed by atoms with Crippen LogP contribution in [-0.2, 0) is 31.9 Å². The number of nitrogens with zero attached hydrogens (tertiary/aromatic N) is 1. The Morgan fingerprint density at radius 2 is 1.63 bits per heavy atom. The molecule has 1 aromatic rings. The van der Waals surface area contributed by atoms with Gasteiger partial charge >= 0.3 is 0 Å². The van der Waals surface area contributed by atoms with Crippen LogP contribution in [0.15, 0.2) is 24.3 Å². The van der Waals surface area contributed by atoms with Gasteiger partial charge in [-0.05, 0) is 36.2 Å². The summed E-state index contributed by atoms with van der Waals surface area (Å²) in [6.07, 6.45) is -0.440. The topological polar surface area (TPSA) is 48.0 Å². The van der Waals surface area contributed by atoms with E-state index in [-0.39, 0.29) is 10.9 Å². The molecule has 0 spiro atoms. The zero-order valence-electron chi connectivity index (χ0n) is 17.7. The lowest BCUT2D eigenvalue weighted by Gasteiger charge is -2.36. The van der Waals surface area contributed by atoms with E-state index in [1.165, 1.54) is 5.56 Å². The highest BCUT2D eigenvalue weighted by molar-refractivity contribution is 6.74. The van der Waals surface area contributed by atoms with Gasteiger partial charge in [0.25, 0.3) is 5.91 Å². The SMILES string of the molecule is C[C@@H](OCc1ccc(CO[Si](C)(C)C(C)(C)C)cc1)C(=O)N1CCOCC1. The van der Waals surface area contributed by atoms with Crippen LogP contribution >= 0.6 is 0 Å². The molecule has 27 heavy (non-hydrogen) atoms. The van der Waals surface area contributed by atoms with Gasteiger partial charge in [-0.15, -0.1) is 0 Å². The summed E-state index contributed by atoms with van der Waals surface area (Å²) in [5, 5.41) is 0.212. The summed E-state index contributed by atoms with van der Waals surface area (Å²) in [5.41, 5.74) is 2.23. The van der Waals surface area contributed by atoms with Crippen LogP contribution in [0.3, 0.4) is 0 Å². The molecule has 0 aromatic heterocycles. The van der Waals surface area contributed by atoms with Gasteiger partial charge in [0.1, 0.15) is 6.10 Å². The third-order valence-corrected chi connectivity index (χ3v) is 10.1. The van der Waals surface area contributed by atoms with Crippen molar-refractivity contribution in [3.8, 4) is 0 Å². The van der Waals surface area contributed by atoms with Gasteiger partial charge in [0.05, 0.1) is 26.4 Å². The van der Waals surface area contributed by atoms with Gasteiger partial charge < -0.3 is 18.8 Å². The highest BCUT2D eigenvalue weighted by Crippen LogP contribution is 2.37. The zero-order valence-corrected chi connectivity index (χ0v) is 18.7. The van der Waals surface area contributed by atoms with Gasteiger partial charge in [-0.3, -0.25) is 4.79 Å². The summed E-state index contributed by atoms with van der Waals surface area (Å²) in [6, 6.07) is 8.27. The number of amides is 1. The Balaban J connectivity index is 1.80. The maximum absolute atomic E-state index is 12.4. The molecule has 1 aromatic carbocycles. The second kappa shape index (κ2) is 9.32. The summed E-state index contributed by atoms with van der Waals surface area (Å²) >= 11 is 0. The van der Waals surface area contributed by atoms with Gasteiger partial charge in [-0.1, -0.05) is 45.0 Å². The van der Waals surface area contributed by atoms with Crippen LogP contribution in [-0.4, -0.2) is 51.5 Å². The van der Waals surface area contributed by atoms with E-state index in [1.54, 1.807) is 0 Å². The molecule has 0 aliphatic carbocycles. The average Bonchev–Trinajstić information content (AvgIpc) is 2.64. The van der Waals surface area contributed by atoms with Crippen LogP contribution in [0, 0.1) is 0 Å². The Labute approximate surface area is 165 Å². The number of morpholine rings is 1. The molecule has 0 unspecified atom stereocenters. The second-order valence-electron chi connectivity index (χ2n) is 8.76. The molecule has 0 radical (unpaired) electrons. The standard InChI is InChI=1S/C21H35NO4Si/c1-17(20(23)22-11-13-24-14-12-22)25-15-18-7-9-19(10-8-18)16-26-27(5,6)21(2,3)4/h7-10,17H,11-16H2,1-6H3/t17-/m1/s1. The Morgan fingerprint density at radius 3 is 2.15 bits per heavy atom. The molecule has 6 heteroatoms. The lowest BCUT2D eigenvalue weighted by atomic mass is 10.1. The molecule has 0 bridgehead atoms. The van der Waals surface area contributed by atoms with Crippen LogP contribution in [0.2, 0.25) is 18.1 Å². The zero-order chi connectivity index (χ0) is 20.1. The minimum atomic E-state index is -1.74. The molecule has 1 fully saturated rings. The summed E-state index contributed by atoms with van der Waals surface area (Å²) in [4.78, 5) is 14.2. The minimum absolute atomic E-state index is 0.0395. The maximum Gasteiger partial charge on any atom is 0.251 e. The Morgan fingerprint density at radius 1 is 1.11 bits per heavy atom. The fourth-order valence-electron chi connectivity index (χ4n) is 2.55. The van der Waals surface area contributed by atoms with E-state index in [2.05, 4.69) is 58.1 Å². The fourth-order valence-corrected chi connectivity index (χ4v) is 3.51. The van der Waals surface area contributed by atoms with Gasteiger partial charge in [-0.2, -0.15) is 0 Å². The predicted molar refractivity (Wildman–Crippen MR) is 110 cm³/mol. The van der Waals surface area contributed by atoms with Crippen molar-refractivity contribution in [2.45, 2.75) is 65.1 Å². The van der Waals surface area contributed by atoms with E-state index >= 15 is 0 Å².